The van der Waals surface area contributed by atoms with E-state index in [2.05, 4.69) is 5.32 Å². The molecule has 0 spiro atoms. The molecule has 1 aliphatic heterocycles. The third-order valence-electron chi connectivity index (χ3n) is 4.16. The average molecular weight is 373 g/mol. The number of hydrogen-bond acceptors (Lipinski definition) is 5. The highest BCUT2D eigenvalue weighted by molar-refractivity contribution is 5.76. The van der Waals surface area contributed by atoms with Crippen LogP contribution in [0.15, 0.2) is 42.5 Å². The lowest BCUT2D eigenvalue weighted by molar-refractivity contribution is -0.885. The Bertz CT molecular complexity index is 781. The first-order chi connectivity index (χ1) is 13.2. The summed E-state index contributed by atoms with van der Waals surface area (Å²) in [5, 5.41) is 2.88. The zero-order chi connectivity index (χ0) is 19.1. The first kappa shape index (κ1) is 18.8. The minimum Gasteiger partial charge on any atom is -0.493 e. The number of carbonyl (C=O) groups excluding carboxylic acids is 1. The lowest BCUT2D eigenvalue weighted by Crippen LogP contribution is -3.08. The van der Waals surface area contributed by atoms with Gasteiger partial charge in [0.1, 0.15) is 13.2 Å². The van der Waals surface area contributed by atoms with Gasteiger partial charge in [-0.15, -0.1) is 0 Å². The van der Waals surface area contributed by atoms with Crippen LogP contribution in [-0.2, 0) is 11.3 Å². The molecule has 0 saturated carbocycles. The monoisotopic (exact) mass is 373 g/mol. The van der Waals surface area contributed by atoms with Crippen LogP contribution in [0.2, 0.25) is 0 Å². The van der Waals surface area contributed by atoms with E-state index in [-0.39, 0.29) is 12.7 Å². The first-order valence-corrected chi connectivity index (χ1v) is 8.88. The van der Waals surface area contributed by atoms with E-state index in [0.29, 0.717) is 31.2 Å². The van der Waals surface area contributed by atoms with Crippen LogP contribution in [0.1, 0.15) is 5.56 Å². The van der Waals surface area contributed by atoms with Crippen molar-refractivity contribution >= 4 is 5.91 Å². The largest absolute Gasteiger partial charge is 0.493 e. The predicted molar refractivity (Wildman–Crippen MR) is 99.5 cm³/mol. The smallest absolute Gasteiger partial charge is 0.275 e. The van der Waals surface area contributed by atoms with Gasteiger partial charge in [-0.1, -0.05) is 12.1 Å². The predicted octanol–water partition coefficient (Wildman–Crippen LogP) is 0.634. The number of carbonyl (C=O) groups is 1. The maximum absolute atomic E-state index is 12.1. The zero-order valence-electron chi connectivity index (χ0n) is 15.6. The van der Waals surface area contributed by atoms with Gasteiger partial charge < -0.3 is 29.2 Å². The maximum atomic E-state index is 12.1. The lowest BCUT2D eigenvalue weighted by atomic mass is 10.2. The van der Waals surface area contributed by atoms with Crippen LogP contribution < -0.4 is 29.2 Å². The van der Waals surface area contributed by atoms with E-state index >= 15 is 0 Å². The number of methoxy groups -OCH3 is 1. The molecule has 0 radical (unpaired) electrons. The van der Waals surface area contributed by atoms with Gasteiger partial charge in [0.2, 0.25) is 6.79 Å². The van der Waals surface area contributed by atoms with Crippen LogP contribution in [0.3, 0.4) is 0 Å². The summed E-state index contributed by atoms with van der Waals surface area (Å²) in [6.45, 7) is 2.19. The number of rotatable bonds is 9. The summed E-state index contributed by atoms with van der Waals surface area (Å²) < 4.78 is 21.6. The topological polar surface area (TPSA) is 70.5 Å². The Kier molecular flexibility index (Phi) is 6.38. The molecule has 2 aromatic rings. The molecule has 0 aromatic heterocycles. The molecule has 2 aromatic carbocycles. The van der Waals surface area contributed by atoms with Crippen LogP contribution in [0, 0.1) is 0 Å². The summed E-state index contributed by atoms with van der Waals surface area (Å²) in [6.07, 6.45) is 0. The summed E-state index contributed by atoms with van der Waals surface area (Å²) in [6, 6.07) is 13.3. The fourth-order valence-corrected chi connectivity index (χ4v) is 2.89. The molecule has 1 unspecified atom stereocenters. The molecule has 1 atom stereocenters. The molecule has 7 heteroatoms. The number of nitrogens with one attached hydrogen (secondary N) is 2. The van der Waals surface area contributed by atoms with Crippen LogP contribution >= 0.6 is 0 Å². The third-order valence-corrected chi connectivity index (χ3v) is 4.16. The molecule has 7 nitrogen and oxygen atoms in total. The van der Waals surface area contributed by atoms with Gasteiger partial charge in [0, 0.05) is 5.56 Å². The van der Waals surface area contributed by atoms with Gasteiger partial charge in [-0.2, -0.15) is 0 Å². The van der Waals surface area contributed by atoms with Crippen molar-refractivity contribution in [1.82, 2.24) is 5.32 Å². The van der Waals surface area contributed by atoms with Crippen LogP contribution in [0.4, 0.5) is 0 Å². The van der Waals surface area contributed by atoms with E-state index in [9.17, 15) is 4.79 Å². The van der Waals surface area contributed by atoms with Crippen molar-refractivity contribution in [3.05, 3.63) is 48.0 Å². The summed E-state index contributed by atoms with van der Waals surface area (Å²) in [7, 11) is 3.58. The van der Waals surface area contributed by atoms with E-state index in [1.54, 1.807) is 7.11 Å². The van der Waals surface area contributed by atoms with Crippen molar-refractivity contribution in [2.24, 2.45) is 0 Å². The van der Waals surface area contributed by atoms with E-state index < -0.39 is 0 Å². The fraction of sp³-hybridized carbons (Fsp3) is 0.350. The Labute approximate surface area is 158 Å². The highest BCUT2D eigenvalue weighted by Crippen LogP contribution is 2.32. The Hall–Kier alpha value is -2.93. The molecule has 27 heavy (non-hydrogen) atoms. The van der Waals surface area contributed by atoms with Crippen LogP contribution in [0.5, 0.6) is 23.0 Å². The number of likely N-dealkylation sites (N-methyl/N-ethyl adjacent to an activating group) is 1. The average Bonchev–Trinajstić information content (AvgIpc) is 3.13. The number of quaternary nitrogens is 1. The van der Waals surface area contributed by atoms with E-state index in [1.807, 2.05) is 49.5 Å². The van der Waals surface area contributed by atoms with Crippen molar-refractivity contribution in [2.75, 3.05) is 40.6 Å². The van der Waals surface area contributed by atoms with Gasteiger partial charge in [0.15, 0.2) is 29.5 Å². The quantitative estimate of drug-likeness (QED) is 0.631. The van der Waals surface area contributed by atoms with Crippen molar-refractivity contribution in [3.8, 4) is 23.0 Å². The molecule has 3 rings (SSSR count). The second-order valence-electron chi connectivity index (χ2n) is 6.35. The molecular formula is C20H25N2O5+. The van der Waals surface area contributed by atoms with Gasteiger partial charge in [0.05, 0.1) is 20.7 Å². The standard InChI is InChI=1S/C20H24N2O5/c1-22(12-15-7-8-18-19(11-15)27-14-26-18)13-20(23)21-9-10-25-17-6-4-3-5-16(17)24-2/h3-8,11H,9-10,12-14H2,1-2H3,(H,21,23)/p+1. The van der Waals surface area contributed by atoms with E-state index in [4.69, 9.17) is 18.9 Å². The van der Waals surface area contributed by atoms with E-state index in [1.165, 1.54) is 0 Å². The number of amides is 1. The van der Waals surface area contributed by atoms with Gasteiger partial charge in [-0.3, -0.25) is 4.79 Å². The van der Waals surface area contributed by atoms with Crippen molar-refractivity contribution in [3.63, 3.8) is 0 Å². The summed E-state index contributed by atoms with van der Waals surface area (Å²) in [5.41, 5.74) is 1.10. The molecule has 0 bridgehead atoms. The number of hydrogen-bond donors (Lipinski definition) is 2. The number of benzene rings is 2. The van der Waals surface area contributed by atoms with Crippen LogP contribution in [-0.4, -0.2) is 46.6 Å². The van der Waals surface area contributed by atoms with Gasteiger partial charge in [-0.25, -0.2) is 0 Å². The molecule has 144 valence electrons. The van der Waals surface area contributed by atoms with Gasteiger partial charge in [-0.05, 0) is 30.3 Å². The minimum atomic E-state index is -0.0168. The molecular weight excluding hydrogens is 348 g/mol. The van der Waals surface area contributed by atoms with Gasteiger partial charge >= 0.3 is 0 Å². The molecule has 1 aliphatic rings. The maximum Gasteiger partial charge on any atom is 0.275 e. The second-order valence-corrected chi connectivity index (χ2v) is 6.35. The zero-order valence-corrected chi connectivity index (χ0v) is 15.6. The number of para-hydroxylation sites is 2. The summed E-state index contributed by atoms with van der Waals surface area (Å²) in [4.78, 5) is 13.2. The molecule has 1 heterocycles. The first-order valence-electron chi connectivity index (χ1n) is 8.88. The number of ether oxygens (including phenoxy) is 4. The van der Waals surface area contributed by atoms with Gasteiger partial charge in [0.25, 0.3) is 5.91 Å². The Balaban J connectivity index is 1.37. The molecule has 2 N–H and O–H groups in total. The third kappa shape index (κ3) is 5.27. The van der Waals surface area contributed by atoms with E-state index in [0.717, 1.165) is 28.5 Å². The minimum absolute atomic E-state index is 0.0168. The Morgan fingerprint density at radius 2 is 1.93 bits per heavy atom. The molecule has 0 fully saturated rings. The van der Waals surface area contributed by atoms with Crippen molar-refractivity contribution in [1.29, 1.82) is 0 Å². The second kappa shape index (κ2) is 9.14. The van der Waals surface area contributed by atoms with Crippen molar-refractivity contribution in [2.45, 2.75) is 6.54 Å². The normalized spacial score (nSPS) is 13.1. The molecule has 0 aliphatic carbocycles. The Morgan fingerprint density at radius 3 is 2.74 bits per heavy atom. The number of fused-ring (bicyclic) bond motifs is 1. The Morgan fingerprint density at radius 1 is 1.15 bits per heavy atom. The fourth-order valence-electron chi connectivity index (χ4n) is 2.89. The highest BCUT2D eigenvalue weighted by atomic mass is 16.7. The van der Waals surface area contributed by atoms with Crippen LogP contribution in [0.25, 0.3) is 0 Å². The van der Waals surface area contributed by atoms with Crippen molar-refractivity contribution < 1.29 is 28.6 Å². The molecule has 0 saturated heterocycles. The summed E-state index contributed by atoms with van der Waals surface area (Å²) >= 11 is 0. The SMILES string of the molecule is COc1ccccc1OCCNC(=O)C[NH+](C)Cc1ccc2c(c1)OCO2. The molecule has 1 amide bonds. The lowest BCUT2D eigenvalue weighted by Gasteiger charge is -2.15. The highest BCUT2D eigenvalue weighted by Gasteiger charge is 2.16. The summed E-state index contributed by atoms with van der Waals surface area (Å²) in [5.74, 6) is 2.86.